The van der Waals surface area contributed by atoms with Crippen LogP contribution in [0.2, 0.25) is 0 Å². The van der Waals surface area contributed by atoms with E-state index in [-0.39, 0.29) is 24.7 Å². The van der Waals surface area contributed by atoms with Crippen LogP contribution in [0.25, 0.3) is 0 Å². The maximum Gasteiger partial charge on any atom is 0.303 e. The molecule has 0 aliphatic carbocycles. The van der Waals surface area contributed by atoms with Gasteiger partial charge in [-0.15, -0.1) is 0 Å². The number of hydrogen-bond donors (Lipinski definition) is 3. The smallest absolute Gasteiger partial charge is 0.303 e. The number of allylic oxidation sites excluding steroid dienone is 2. The van der Waals surface area contributed by atoms with E-state index in [9.17, 15) is 14.4 Å². The van der Waals surface area contributed by atoms with Crippen LogP contribution >= 0.6 is 0 Å². The number of nitrogens with one attached hydrogen (secondary N) is 2. The molecule has 0 aromatic heterocycles. The van der Waals surface area contributed by atoms with Gasteiger partial charge in [-0.2, -0.15) is 0 Å². The Bertz CT molecular complexity index is 668. The van der Waals surface area contributed by atoms with E-state index in [2.05, 4.69) is 17.2 Å². The van der Waals surface area contributed by atoms with E-state index in [4.69, 9.17) is 5.11 Å². The fourth-order valence-corrected chi connectivity index (χ4v) is 2.60. The maximum atomic E-state index is 12.0. The zero-order valence-corrected chi connectivity index (χ0v) is 12.5. The number of amides is 2. The molecule has 2 heterocycles. The molecule has 2 amide bonds. The summed E-state index contributed by atoms with van der Waals surface area (Å²) >= 11 is 0. The molecule has 2 rings (SSSR count). The SMILES string of the molecule is C=CC1=C(C)C(=O)NC1=CC1=C(C)C(CCC(=O)O)C(=O)N1. The summed E-state index contributed by atoms with van der Waals surface area (Å²) in [5, 5.41) is 14.2. The molecular weight excluding hydrogens is 284 g/mol. The van der Waals surface area contributed by atoms with Crippen molar-refractivity contribution in [3.63, 3.8) is 0 Å². The molecule has 116 valence electrons. The Kier molecular flexibility index (Phi) is 4.30. The van der Waals surface area contributed by atoms with Gasteiger partial charge >= 0.3 is 5.97 Å². The molecule has 0 aromatic carbocycles. The third-order valence-electron chi connectivity index (χ3n) is 3.94. The molecule has 6 nitrogen and oxygen atoms in total. The molecule has 1 unspecified atom stereocenters. The molecule has 3 N–H and O–H groups in total. The summed E-state index contributed by atoms with van der Waals surface area (Å²) in [4.78, 5) is 34.3. The van der Waals surface area contributed by atoms with Crippen molar-refractivity contribution in [1.82, 2.24) is 10.6 Å². The minimum atomic E-state index is -0.928. The Hall–Kier alpha value is -2.63. The molecule has 22 heavy (non-hydrogen) atoms. The lowest BCUT2D eigenvalue weighted by atomic mass is 9.96. The van der Waals surface area contributed by atoms with Crippen molar-refractivity contribution in [2.75, 3.05) is 0 Å². The van der Waals surface area contributed by atoms with Crippen molar-refractivity contribution >= 4 is 17.8 Å². The highest BCUT2D eigenvalue weighted by atomic mass is 16.4. The van der Waals surface area contributed by atoms with Crippen LogP contribution in [0.3, 0.4) is 0 Å². The molecule has 6 heteroatoms. The second-order valence-corrected chi connectivity index (χ2v) is 5.33. The molecular formula is C16H18N2O4. The fourth-order valence-electron chi connectivity index (χ4n) is 2.60. The number of carboxylic acid groups (broad SMARTS) is 1. The predicted molar refractivity (Wildman–Crippen MR) is 80.3 cm³/mol. The third kappa shape index (κ3) is 2.86. The Labute approximate surface area is 128 Å². The summed E-state index contributed by atoms with van der Waals surface area (Å²) in [6.45, 7) is 7.19. The monoisotopic (exact) mass is 302 g/mol. The van der Waals surface area contributed by atoms with Crippen molar-refractivity contribution in [2.45, 2.75) is 26.7 Å². The minimum absolute atomic E-state index is 0.0626. The lowest BCUT2D eigenvalue weighted by Crippen LogP contribution is -2.22. The molecule has 0 bridgehead atoms. The average molecular weight is 302 g/mol. The zero-order chi connectivity index (χ0) is 16.4. The van der Waals surface area contributed by atoms with E-state index in [1.165, 1.54) is 0 Å². The standard InChI is InChI=1S/C16H18N2O4/c1-4-10-9(3)15(21)18-13(10)7-12-8(2)11(16(22)17-12)5-6-14(19)20/h4,7,11H,1,5-6H2,2-3H3,(H,17,22)(H,18,21)(H,19,20). The second-order valence-electron chi connectivity index (χ2n) is 5.33. The van der Waals surface area contributed by atoms with E-state index >= 15 is 0 Å². The number of rotatable bonds is 5. The van der Waals surface area contributed by atoms with Crippen molar-refractivity contribution in [3.05, 3.63) is 46.8 Å². The van der Waals surface area contributed by atoms with Crippen molar-refractivity contribution in [3.8, 4) is 0 Å². The van der Waals surface area contributed by atoms with E-state index in [0.717, 1.165) is 5.57 Å². The van der Waals surface area contributed by atoms with Gasteiger partial charge in [-0.1, -0.05) is 12.7 Å². The van der Waals surface area contributed by atoms with Gasteiger partial charge in [0.1, 0.15) is 0 Å². The first kappa shape index (κ1) is 15.8. The summed E-state index contributed by atoms with van der Waals surface area (Å²) in [7, 11) is 0. The van der Waals surface area contributed by atoms with Gasteiger partial charge in [0.05, 0.1) is 11.6 Å². The van der Waals surface area contributed by atoms with Gasteiger partial charge in [0.25, 0.3) is 5.91 Å². The Morgan fingerprint density at radius 1 is 1.32 bits per heavy atom. The largest absolute Gasteiger partial charge is 0.481 e. The van der Waals surface area contributed by atoms with Gasteiger partial charge in [0.15, 0.2) is 0 Å². The van der Waals surface area contributed by atoms with Crippen LogP contribution in [-0.2, 0) is 14.4 Å². The van der Waals surface area contributed by atoms with Crippen molar-refractivity contribution in [2.24, 2.45) is 5.92 Å². The fraction of sp³-hybridized carbons (Fsp3) is 0.312. The van der Waals surface area contributed by atoms with Gasteiger partial charge in [0.2, 0.25) is 5.91 Å². The highest BCUT2D eigenvalue weighted by Crippen LogP contribution is 2.29. The summed E-state index contributed by atoms with van der Waals surface area (Å²) in [5.74, 6) is -1.78. The summed E-state index contributed by atoms with van der Waals surface area (Å²) in [6.07, 6.45) is 3.48. The zero-order valence-electron chi connectivity index (χ0n) is 12.5. The number of hydrogen-bond acceptors (Lipinski definition) is 3. The van der Waals surface area contributed by atoms with Crippen LogP contribution in [0.4, 0.5) is 0 Å². The molecule has 0 saturated heterocycles. The normalized spacial score (nSPS) is 23.2. The first-order valence-electron chi connectivity index (χ1n) is 6.95. The second kappa shape index (κ2) is 6.01. The predicted octanol–water partition coefficient (Wildman–Crippen LogP) is 1.39. The maximum absolute atomic E-state index is 12.0. The lowest BCUT2D eigenvalue weighted by molar-refractivity contribution is -0.137. The molecule has 2 aliphatic heterocycles. The Balaban J connectivity index is 2.28. The minimum Gasteiger partial charge on any atom is -0.481 e. The van der Waals surface area contributed by atoms with Crippen LogP contribution < -0.4 is 10.6 Å². The van der Waals surface area contributed by atoms with Crippen LogP contribution in [-0.4, -0.2) is 22.9 Å². The average Bonchev–Trinajstić information content (AvgIpc) is 2.86. The Morgan fingerprint density at radius 2 is 2.00 bits per heavy atom. The lowest BCUT2D eigenvalue weighted by Gasteiger charge is -2.06. The van der Waals surface area contributed by atoms with Gasteiger partial charge in [-0.3, -0.25) is 14.4 Å². The van der Waals surface area contributed by atoms with Gasteiger partial charge in [-0.05, 0) is 31.9 Å². The van der Waals surface area contributed by atoms with Crippen molar-refractivity contribution < 1.29 is 19.5 Å². The van der Waals surface area contributed by atoms with Crippen molar-refractivity contribution in [1.29, 1.82) is 0 Å². The van der Waals surface area contributed by atoms with Gasteiger partial charge < -0.3 is 15.7 Å². The molecule has 1 atom stereocenters. The van der Waals surface area contributed by atoms with E-state index in [1.54, 1.807) is 26.0 Å². The summed E-state index contributed by atoms with van der Waals surface area (Å²) in [5.41, 5.74) is 3.25. The number of carboxylic acids is 1. The molecule has 0 saturated carbocycles. The highest BCUT2D eigenvalue weighted by Gasteiger charge is 2.31. The van der Waals surface area contributed by atoms with Crippen LogP contribution in [0.1, 0.15) is 26.7 Å². The molecule has 0 radical (unpaired) electrons. The molecule has 0 fully saturated rings. The summed E-state index contributed by atoms with van der Waals surface area (Å²) in [6, 6.07) is 0. The first-order chi connectivity index (χ1) is 10.3. The van der Waals surface area contributed by atoms with E-state index in [1.807, 2.05) is 0 Å². The molecule has 0 spiro atoms. The number of aliphatic carboxylic acids is 1. The van der Waals surface area contributed by atoms with E-state index < -0.39 is 11.9 Å². The quantitative estimate of drug-likeness (QED) is 0.715. The molecule has 2 aliphatic rings. The Morgan fingerprint density at radius 3 is 2.59 bits per heavy atom. The van der Waals surface area contributed by atoms with Crippen LogP contribution in [0.5, 0.6) is 0 Å². The van der Waals surface area contributed by atoms with Gasteiger partial charge in [-0.25, -0.2) is 0 Å². The van der Waals surface area contributed by atoms with Crippen LogP contribution in [0.15, 0.2) is 46.8 Å². The van der Waals surface area contributed by atoms with Gasteiger partial charge in [0, 0.05) is 23.3 Å². The summed E-state index contributed by atoms with van der Waals surface area (Å²) < 4.78 is 0. The highest BCUT2D eigenvalue weighted by molar-refractivity contribution is 6.00. The number of carbonyl (C=O) groups excluding carboxylic acids is 2. The first-order valence-corrected chi connectivity index (χ1v) is 6.95. The number of carbonyl (C=O) groups is 3. The molecule has 0 aromatic rings. The van der Waals surface area contributed by atoms with E-state index in [0.29, 0.717) is 22.5 Å². The third-order valence-corrected chi connectivity index (χ3v) is 3.94. The topological polar surface area (TPSA) is 95.5 Å². The van der Waals surface area contributed by atoms with Crippen LogP contribution in [0, 0.1) is 5.92 Å².